The first kappa shape index (κ1) is 31.4. The molecule has 0 amide bonds. The summed E-state index contributed by atoms with van der Waals surface area (Å²) in [5.41, 5.74) is 4.20. The van der Waals surface area contributed by atoms with Crippen molar-refractivity contribution < 1.29 is 23.8 Å². The summed E-state index contributed by atoms with van der Waals surface area (Å²) in [4.78, 5) is 18.6. The second kappa shape index (κ2) is 15.6. The van der Waals surface area contributed by atoms with Crippen LogP contribution in [0.3, 0.4) is 0 Å². The number of carbonyl (C=O) groups excluding carboxylic acids is 1. The van der Waals surface area contributed by atoms with Crippen molar-refractivity contribution in [3.63, 3.8) is 0 Å². The van der Waals surface area contributed by atoms with E-state index in [-0.39, 0.29) is 37.8 Å². The third-order valence-electron chi connectivity index (χ3n) is 8.18. The quantitative estimate of drug-likeness (QED) is 0.0966. The molecule has 6 rings (SSSR count). The van der Waals surface area contributed by atoms with Crippen molar-refractivity contribution in [3.05, 3.63) is 179 Å². The van der Waals surface area contributed by atoms with Gasteiger partial charge in [0.1, 0.15) is 24.4 Å². The average Bonchev–Trinajstić information content (AvgIpc) is 3.51. The van der Waals surface area contributed by atoms with Gasteiger partial charge in [0.25, 0.3) is 0 Å². The molecule has 0 aliphatic carbocycles. The first-order chi connectivity index (χ1) is 22.7. The van der Waals surface area contributed by atoms with Crippen molar-refractivity contribution >= 4 is 5.97 Å². The molecule has 1 aliphatic rings. The van der Waals surface area contributed by atoms with Crippen molar-refractivity contribution in [2.45, 2.75) is 37.4 Å². The Morgan fingerprint density at radius 1 is 0.587 bits per heavy atom. The third-order valence-corrected chi connectivity index (χ3v) is 8.18. The van der Waals surface area contributed by atoms with E-state index in [1.54, 1.807) is 0 Å². The van der Waals surface area contributed by atoms with E-state index in [1.165, 1.54) is 0 Å². The zero-order chi connectivity index (χ0) is 31.4. The minimum Gasteiger partial charge on any atom is -0.461 e. The number of esters is 1. The monoisotopic (exact) mass is 613 g/mol. The van der Waals surface area contributed by atoms with Crippen LogP contribution >= 0.6 is 0 Å². The molecule has 5 aromatic rings. The number of benzene rings is 5. The summed E-state index contributed by atoms with van der Waals surface area (Å²) < 4.78 is 19.4. The lowest BCUT2D eigenvalue weighted by molar-refractivity contribution is -0.167. The zero-order valence-corrected chi connectivity index (χ0v) is 25.8. The van der Waals surface area contributed by atoms with Gasteiger partial charge in [0, 0.05) is 0 Å². The average molecular weight is 614 g/mol. The zero-order valence-electron chi connectivity index (χ0n) is 25.8. The smallest absolute Gasteiger partial charge is 0.308 e. The lowest BCUT2D eigenvalue weighted by Gasteiger charge is -2.39. The molecule has 0 bridgehead atoms. The fourth-order valence-corrected chi connectivity index (χ4v) is 5.89. The molecule has 1 aliphatic heterocycles. The minimum atomic E-state index is -0.903. The van der Waals surface area contributed by atoms with Gasteiger partial charge in [-0.15, -0.1) is 0 Å². The Kier molecular flexibility index (Phi) is 10.7. The number of nitrogens with zero attached hydrogens (tertiary/aromatic N) is 1. The van der Waals surface area contributed by atoms with Gasteiger partial charge in [0.05, 0.1) is 32.7 Å². The fraction of sp³-hybridized carbons (Fsp3) is 0.225. The van der Waals surface area contributed by atoms with Crippen LogP contribution in [0.25, 0.3) is 0 Å². The standard InChI is InChI=1S/C40H39NO5/c42-39(44-31-33-18-8-2-9-19-33)26-27-45-41-28-37(43-30-32-16-6-1-7-17-32)38(29-41)46-40(34-20-10-3-11-21-34,35-22-12-4-13-23-35)36-24-14-5-15-25-36/h1-25,37-38H,26-31H2/t37-,38-/m1/s1. The van der Waals surface area contributed by atoms with Crippen molar-refractivity contribution in [1.82, 2.24) is 5.06 Å². The van der Waals surface area contributed by atoms with Crippen LogP contribution in [-0.2, 0) is 42.7 Å². The number of hydrogen-bond acceptors (Lipinski definition) is 6. The van der Waals surface area contributed by atoms with Crippen LogP contribution in [0, 0.1) is 0 Å². The SMILES string of the molecule is O=C(CCON1C[C@@H](OCc2ccccc2)[C@H](OC(c2ccccc2)(c2ccccc2)c2ccccc2)C1)OCc1ccccc1. The highest BCUT2D eigenvalue weighted by atomic mass is 16.7. The lowest BCUT2D eigenvalue weighted by Crippen LogP contribution is -2.42. The van der Waals surface area contributed by atoms with Gasteiger partial charge in [-0.3, -0.25) is 9.63 Å². The van der Waals surface area contributed by atoms with Crippen molar-refractivity contribution in [3.8, 4) is 0 Å². The molecule has 0 unspecified atom stereocenters. The van der Waals surface area contributed by atoms with Crippen molar-refractivity contribution in [2.75, 3.05) is 19.7 Å². The second-order valence-electron chi connectivity index (χ2n) is 11.3. The van der Waals surface area contributed by atoms with Gasteiger partial charge in [0.2, 0.25) is 0 Å². The van der Waals surface area contributed by atoms with E-state index >= 15 is 0 Å². The highest BCUT2D eigenvalue weighted by Crippen LogP contribution is 2.42. The molecule has 234 valence electrons. The summed E-state index contributed by atoms with van der Waals surface area (Å²) in [5, 5.41) is 1.86. The van der Waals surface area contributed by atoms with Crippen LogP contribution in [0.1, 0.15) is 34.2 Å². The first-order valence-electron chi connectivity index (χ1n) is 15.8. The Bertz CT molecular complexity index is 1520. The molecule has 6 heteroatoms. The number of hydroxylamine groups is 2. The largest absolute Gasteiger partial charge is 0.461 e. The molecule has 0 radical (unpaired) electrons. The highest BCUT2D eigenvalue weighted by Gasteiger charge is 2.45. The van der Waals surface area contributed by atoms with Gasteiger partial charge >= 0.3 is 5.97 Å². The van der Waals surface area contributed by atoms with E-state index in [2.05, 4.69) is 48.5 Å². The maximum Gasteiger partial charge on any atom is 0.308 e. The number of hydrogen-bond donors (Lipinski definition) is 0. The molecular formula is C40H39NO5. The summed E-state index contributed by atoms with van der Waals surface area (Å²) in [6.45, 7) is 1.85. The molecule has 1 heterocycles. The van der Waals surface area contributed by atoms with Gasteiger partial charge in [0.15, 0.2) is 0 Å². The predicted octanol–water partition coefficient (Wildman–Crippen LogP) is 7.33. The minimum absolute atomic E-state index is 0.145. The van der Waals surface area contributed by atoms with Gasteiger partial charge in [-0.1, -0.05) is 152 Å². The number of carbonyl (C=O) groups is 1. The summed E-state index contributed by atoms with van der Waals surface area (Å²) >= 11 is 0. The molecule has 1 saturated heterocycles. The predicted molar refractivity (Wildman–Crippen MR) is 177 cm³/mol. The van der Waals surface area contributed by atoms with E-state index in [0.29, 0.717) is 19.7 Å². The van der Waals surface area contributed by atoms with E-state index < -0.39 is 5.60 Å². The molecular weight excluding hydrogens is 574 g/mol. The van der Waals surface area contributed by atoms with Crippen molar-refractivity contribution in [2.24, 2.45) is 0 Å². The topological polar surface area (TPSA) is 57.2 Å². The van der Waals surface area contributed by atoms with Crippen LogP contribution in [0.2, 0.25) is 0 Å². The molecule has 0 N–H and O–H groups in total. The fourth-order valence-electron chi connectivity index (χ4n) is 5.89. The van der Waals surface area contributed by atoms with Crippen molar-refractivity contribution in [1.29, 1.82) is 0 Å². The molecule has 0 aromatic heterocycles. The van der Waals surface area contributed by atoms with Gasteiger partial charge < -0.3 is 14.2 Å². The third kappa shape index (κ3) is 7.79. The second-order valence-corrected chi connectivity index (χ2v) is 11.3. The van der Waals surface area contributed by atoms with E-state index in [4.69, 9.17) is 19.0 Å². The van der Waals surface area contributed by atoms with Crippen LogP contribution < -0.4 is 0 Å². The summed E-state index contributed by atoms with van der Waals surface area (Å²) in [5.74, 6) is -0.302. The van der Waals surface area contributed by atoms with E-state index in [1.807, 2.05) is 108 Å². The Hall–Kier alpha value is -4.59. The maximum absolute atomic E-state index is 12.5. The van der Waals surface area contributed by atoms with Gasteiger partial charge in [-0.2, -0.15) is 5.06 Å². The number of rotatable bonds is 14. The first-order valence-corrected chi connectivity index (χ1v) is 15.8. The highest BCUT2D eigenvalue weighted by molar-refractivity contribution is 5.69. The number of ether oxygens (including phenoxy) is 3. The molecule has 6 nitrogen and oxygen atoms in total. The molecule has 5 aromatic carbocycles. The van der Waals surface area contributed by atoms with E-state index in [0.717, 1.165) is 27.8 Å². The Labute approximate surface area is 271 Å². The molecule has 2 atom stereocenters. The summed E-state index contributed by atoms with van der Waals surface area (Å²) in [6.07, 6.45) is -0.498. The summed E-state index contributed by atoms with van der Waals surface area (Å²) in [7, 11) is 0. The molecule has 0 saturated carbocycles. The van der Waals surface area contributed by atoms with Crippen LogP contribution in [-0.4, -0.2) is 42.9 Å². The normalized spacial score (nSPS) is 16.7. The maximum atomic E-state index is 12.5. The van der Waals surface area contributed by atoms with Gasteiger partial charge in [-0.25, -0.2) is 0 Å². The Morgan fingerprint density at radius 2 is 1.02 bits per heavy atom. The van der Waals surface area contributed by atoms with Crippen LogP contribution in [0.15, 0.2) is 152 Å². The van der Waals surface area contributed by atoms with Crippen LogP contribution in [0.5, 0.6) is 0 Å². The molecule has 1 fully saturated rings. The summed E-state index contributed by atoms with van der Waals surface area (Å²) in [6, 6.07) is 50.8. The lowest BCUT2D eigenvalue weighted by atomic mass is 9.80. The van der Waals surface area contributed by atoms with E-state index in [9.17, 15) is 4.79 Å². The molecule has 0 spiro atoms. The Morgan fingerprint density at radius 3 is 1.52 bits per heavy atom. The Balaban J connectivity index is 1.23. The molecule has 46 heavy (non-hydrogen) atoms. The van der Waals surface area contributed by atoms with Crippen LogP contribution in [0.4, 0.5) is 0 Å². The van der Waals surface area contributed by atoms with Gasteiger partial charge in [-0.05, 0) is 27.8 Å².